The van der Waals surface area contributed by atoms with E-state index in [4.69, 9.17) is 4.74 Å². The molecule has 2 aliphatic heterocycles. The summed E-state index contributed by atoms with van der Waals surface area (Å²) in [5.74, 6) is -0.863. The number of carbonyl (C=O) groups excluding carboxylic acids is 3. The fourth-order valence-corrected chi connectivity index (χ4v) is 3.92. The van der Waals surface area contributed by atoms with Crippen molar-refractivity contribution < 1.29 is 19.1 Å². The molecule has 0 saturated carbocycles. The fraction of sp³-hybridized carbons (Fsp3) is 0.571. The Balaban J connectivity index is 1.63. The summed E-state index contributed by atoms with van der Waals surface area (Å²) >= 11 is 0. The number of hydrogen-bond donors (Lipinski definition) is 0. The average molecular weight is 372 g/mol. The van der Waals surface area contributed by atoms with Crippen molar-refractivity contribution in [3.05, 3.63) is 29.8 Å². The van der Waals surface area contributed by atoms with E-state index in [-0.39, 0.29) is 36.0 Å². The smallest absolute Gasteiger partial charge is 0.310 e. The third-order valence-electron chi connectivity index (χ3n) is 5.48. The second kappa shape index (κ2) is 8.55. The third kappa shape index (κ3) is 4.31. The zero-order valence-electron chi connectivity index (χ0n) is 16.1. The molecule has 0 aromatic heterocycles. The van der Waals surface area contributed by atoms with E-state index in [1.54, 1.807) is 16.7 Å². The van der Waals surface area contributed by atoms with E-state index in [0.717, 1.165) is 24.9 Å². The van der Waals surface area contributed by atoms with Gasteiger partial charge in [0.25, 0.3) is 0 Å². The Labute approximate surface area is 160 Å². The van der Waals surface area contributed by atoms with Crippen LogP contribution in [0.25, 0.3) is 0 Å². The molecule has 1 aromatic carbocycles. The number of benzene rings is 1. The molecule has 0 bridgehead atoms. The number of piperidine rings is 1. The van der Waals surface area contributed by atoms with Crippen molar-refractivity contribution in [2.24, 2.45) is 11.8 Å². The number of esters is 1. The predicted octanol–water partition coefficient (Wildman–Crippen LogP) is 2.40. The molecule has 1 aromatic rings. The molecule has 3 rings (SSSR count). The van der Waals surface area contributed by atoms with Crippen molar-refractivity contribution in [1.29, 1.82) is 0 Å². The number of ether oxygens (including phenoxy) is 1. The molecular weight excluding hydrogens is 344 g/mol. The van der Waals surface area contributed by atoms with E-state index < -0.39 is 0 Å². The number of anilines is 1. The molecule has 0 radical (unpaired) electrons. The van der Waals surface area contributed by atoms with Crippen molar-refractivity contribution in [2.45, 2.75) is 39.5 Å². The molecule has 0 spiro atoms. The molecule has 6 nitrogen and oxygen atoms in total. The normalized spacial score (nSPS) is 22.8. The van der Waals surface area contributed by atoms with Crippen LogP contribution in [-0.2, 0) is 25.5 Å². The van der Waals surface area contributed by atoms with Gasteiger partial charge in [0.15, 0.2) is 0 Å². The van der Waals surface area contributed by atoms with Crippen molar-refractivity contribution in [3.63, 3.8) is 0 Å². The van der Waals surface area contributed by atoms with E-state index >= 15 is 0 Å². The topological polar surface area (TPSA) is 66.9 Å². The summed E-state index contributed by atoms with van der Waals surface area (Å²) in [7, 11) is 0. The minimum absolute atomic E-state index is 0.0171. The first-order valence-electron chi connectivity index (χ1n) is 9.88. The maximum Gasteiger partial charge on any atom is 0.310 e. The van der Waals surface area contributed by atoms with Gasteiger partial charge in [0.1, 0.15) is 0 Å². The second-order valence-electron chi connectivity index (χ2n) is 7.30. The third-order valence-corrected chi connectivity index (χ3v) is 5.48. The fourth-order valence-electron chi connectivity index (χ4n) is 3.92. The Kier molecular flexibility index (Phi) is 6.14. The van der Waals surface area contributed by atoms with Crippen LogP contribution in [0.15, 0.2) is 24.3 Å². The van der Waals surface area contributed by atoms with E-state index in [1.165, 1.54) is 5.56 Å². The van der Waals surface area contributed by atoms with Crippen LogP contribution >= 0.6 is 0 Å². The van der Waals surface area contributed by atoms with Gasteiger partial charge < -0.3 is 14.5 Å². The Bertz CT molecular complexity index is 701. The van der Waals surface area contributed by atoms with Crippen LogP contribution in [0.5, 0.6) is 0 Å². The molecule has 0 N–H and O–H groups in total. The SMILES string of the molecule is CCOC(=O)C1CCCN(C(=O)C2CC(=O)N(c3ccc(CC)cc3)C2)C1. The lowest BCUT2D eigenvalue weighted by atomic mass is 9.96. The molecule has 2 fully saturated rings. The Morgan fingerprint density at radius 2 is 1.85 bits per heavy atom. The van der Waals surface area contributed by atoms with Crippen molar-refractivity contribution in [2.75, 3.05) is 31.1 Å². The van der Waals surface area contributed by atoms with Gasteiger partial charge >= 0.3 is 5.97 Å². The van der Waals surface area contributed by atoms with Crippen LogP contribution in [0.3, 0.4) is 0 Å². The van der Waals surface area contributed by atoms with Gasteiger partial charge in [-0.3, -0.25) is 14.4 Å². The standard InChI is InChI=1S/C21H28N2O4/c1-3-15-7-9-18(10-8-15)23-14-17(12-19(23)24)20(25)22-11-5-6-16(13-22)21(26)27-4-2/h7-10,16-17H,3-6,11-14H2,1-2H3. The number of likely N-dealkylation sites (tertiary alicyclic amines) is 1. The Morgan fingerprint density at radius 3 is 2.52 bits per heavy atom. The van der Waals surface area contributed by atoms with Crippen LogP contribution < -0.4 is 4.90 Å². The first kappa shape index (κ1) is 19.4. The summed E-state index contributed by atoms with van der Waals surface area (Å²) in [4.78, 5) is 40.9. The van der Waals surface area contributed by atoms with Gasteiger partial charge in [-0.15, -0.1) is 0 Å². The van der Waals surface area contributed by atoms with Crippen molar-refractivity contribution >= 4 is 23.5 Å². The monoisotopic (exact) mass is 372 g/mol. The van der Waals surface area contributed by atoms with E-state index in [2.05, 4.69) is 6.92 Å². The largest absolute Gasteiger partial charge is 0.466 e. The highest BCUT2D eigenvalue weighted by Gasteiger charge is 2.39. The van der Waals surface area contributed by atoms with Crippen LogP contribution in [-0.4, -0.2) is 48.9 Å². The summed E-state index contributed by atoms with van der Waals surface area (Å²) in [6.45, 7) is 5.68. The number of aryl methyl sites for hydroxylation is 1. The number of carbonyl (C=O) groups is 3. The van der Waals surface area contributed by atoms with Gasteiger partial charge in [-0.2, -0.15) is 0 Å². The average Bonchev–Trinajstić information content (AvgIpc) is 3.09. The highest BCUT2D eigenvalue weighted by Crippen LogP contribution is 2.28. The molecular formula is C21H28N2O4. The van der Waals surface area contributed by atoms with Crippen molar-refractivity contribution in [1.82, 2.24) is 4.90 Å². The lowest BCUT2D eigenvalue weighted by Gasteiger charge is -2.33. The molecule has 27 heavy (non-hydrogen) atoms. The van der Waals surface area contributed by atoms with Crippen LogP contribution in [0.1, 0.15) is 38.7 Å². The lowest BCUT2D eigenvalue weighted by Crippen LogP contribution is -2.45. The Morgan fingerprint density at radius 1 is 1.11 bits per heavy atom. The molecule has 6 heteroatoms. The number of nitrogens with zero attached hydrogens (tertiary/aromatic N) is 2. The minimum Gasteiger partial charge on any atom is -0.466 e. The molecule has 0 aliphatic carbocycles. The van der Waals surface area contributed by atoms with Gasteiger partial charge in [0, 0.05) is 31.7 Å². The number of amides is 2. The summed E-state index contributed by atoms with van der Waals surface area (Å²) in [6.07, 6.45) is 2.72. The molecule has 2 aliphatic rings. The van der Waals surface area contributed by atoms with Gasteiger partial charge in [-0.25, -0.2) is 0 Å². The van der Waals surface area contributed by atoms with Gasteiger partial charge in [0.05, 0.1) is 18.4 Å². The van der Waals surface area contributed by atoms with Gasteiger partial charge in [-0.05, 0) is 43.9 Å². The van der Waals surface area contributed by atoms with E-state index in [1.807, 2.05) is 24.3 Å². The minimum atomic E-state index is -0.343. The quantitative estimate of drug-likeness (QED) is 0.745. The zero-order valence-corrected chi connectivity index (χ0v) is 16.1. The van der Waals surface area contributed by atoms with E-state index in [9.17, 15) is 14.4 Å². The van der Waals surface area contributed by atoms with E-state index in [0.29, 0.717) is 26.2 Å². The first-order valence-corrected chi connectivity index (χ1v) is 9.88. The predicted molar refractivity (Wildman–Crippen MR) is 102 cm³/mol. The van der Waals surface area contributed by atoms with Gasteiger partial charge in [0.2, 0.25) is 11.8 Å². The number of rotatable bonds is 5. The molecule has 2 atom stereocenters. The summed E-state index contributed by atoms with van der Waals surface area (Å²) in [5.41, 5.74) is 2.06. The first-order chi connectivity index (χ1) is 13.0. The van der Waals surface area contributed by atoms with Crippen LogP contribution in [0.2, 0.25) is 0 Å². The molecule has 2 saturated heterocycles. The second-order valence-corrected chi connectivity index (χ2v) is 7.30. The van der Waals surface area contributed by atoms with Gasteiger partial charge in [-0.1, -0.05) is 19.1 Å². The summed E-state index contributed by atoms with van der Waals surface area (Å²) in [6, 6.07) is 7.93. The van der Waals surface area contributed by atoms with Crippen molar-refractivity contribution in [3.8, 4) is 0 Å². The molecule has 2 amide bonds. The zero-order chi connectivity index (χ0) is 19.4. The number of hydrogen-bond acceptors (Lipinski definition) is 4. The molecule has 2 unspecified atom stereocenters. The maximum atomic E-state index is 12.9. The Hall–Kier alpha value is -2.37. The maximum absolute atomic E-state index is 12.9. The highest BCUT2D eigenvalue weighted by atomic mass is 16.5. The summed E-state index contributed by atoms with van der Waals surface area (Å²) < 4.78 is 5.11. The van der Waals surface area contributed by atoms with Crippen LogP contribution in [0.4, 0.5) is 5.69 Å². The summed E-state index contributed by atoms with van der Waals surface area (Å²) in [5, 5.41) is 0. The molecule has 2 heterocycles. The molecule has 146 valence electrons. The lowest BCUT2D eigenvalue weighted by molar-refractivity contribution is -0.152. The highest BCUT2D eigenvalue weighted by molar-refractivity contribution is 6.00. The van der Waals surface area contributed by atoms with Crippen LogP contribution in [0, 0.1) is 11.8 Å².